The number of rotatable bonds is 9. The van der Waals surface area contributed by atoms with E-state index in [0.717, 1.165) is 31.0 Å². The molecule has 2 amide bonds. The second-order valence-corrected chi connectivity index (χ2v) is 10.4. The summed E-state index contributed by atoms with van der Waals surface area (Å²) in [6, 6.07) is 6.72. The Bertz CT molecular complexity index is 909. The maximum Gasteiger partial charge on any atom is 0.290 e. The van der Waals surface area contributed by atoms with Crippen molar-refractivity contribution in [1.29, 1.82) is 0 Å². The van der Waals surface area contributed by atoms with E-state index in [2.05, 4.69) is 12.2 Å². The molecule has 0 radical (unpaired) electrons. The minimum absolute atomic E-state index is 0.124. The quantitative estimate of drug-likeness (QED) is 0.454. The molecule has 1 saturated heterocycles. The third-order valence-electron chi connectivity index (χ3n) is 5.32. The van der Waals surface area contributed by atoms with Crippen molar-refractivity contribution in [2.75, 3.05) is 13.1 Å². The normalized spacial score (nSPS) is 21.3. The van der Waals surface area contributed by atoms with Crippen LogP contribution < -0.4 is 5.32 Å². The van der Waals surface area contributed by atoms with E-state index in [9.17, 15) is 18.0 Å². The lowest BCUT2D eigenvalue weighted by Gasteiger charge is -2.30. The zero-order chi connectivity index (χ0) is 20.9. The number of thioether (sulfide) groups is 1. The zero-order valence-electron chi connectivity index (χ0n) is 16.8. The third-order valence-corrected chi connectivity index (χ3v) is 8.14. The number of benzene rings is 1. The number of carbonyl (C=O) groups excluding carboxylic acids is 2. The molecule has 0 saturated carbocycles. The molecular weight excluding hydrogens is 408 g/mol. The average molecular weight is 437 g/mol. The smallest absolute Gasteiger partial charge is 0.282 e. The number of hydrogen-bond donors (Lipinski definition) is 1. The number of carbonyl (C=O) groups is 2. The van der Waals surface area contributed by atoms with E-state index in [1.54, 1.807) is 24.3 Å². The van der Waals surface area contributed by atoms with E-state index in [1.807, 2.05) is 0 Å². The van der Waals surface area contributed by atoms with Gasteiger partial charge in [-0.25, -0.2) is 8.42 Å². The van der Waals surface area contributed by atoms with Gasteiger partial charge >= 0.3 is 0 Å². The van der Waals surface area contributed by atoms with E-state index in [4.69, 9.17) is 0 Å². The summed E-state index contributed by atoms with van der Waals surface area (Å²) in [5.74, 6) is -0.448. The number of nitrogens with zero attached hydrogens (tertiary/aromatic N) is 1. The summed E-state index contributed by atoms with van der Waals surface area (Å²) < 4.78 is 27.6. The van der Waals surface area contributed by atoms with E-state index < -0.39 is 21.2 Å². The summed E-state index contributed by atoms with van der Waals surface area (Å²) >= 11 is 0.846. The molecule has 3 rings (SSSR count). The molecule has 6 nitrogen and oxygen atoms in total. The largest absolute Gasteiger partial charge is 0.290 e. The van der Waals surface area contributed by atoms with Crippen molar-refractivity contribution < 1.29 is 18.0 Å². The fraction of sp³-hybridized carbons (Fsp3) is 0.524. The third kappa shape index (κ3) is 5.10. The number of imide groups is 1. The van der Waals surface area contributed by atoms with Crippen molar-refractivity contribution in [3.8, 4) is 0 Å². The topological polar surface area (TPSA) is 83.6 Å². The molecule has 2 heterocycles. The van der Waals surface area contributed by atoms with Gasteiger partial charge in [0.2, 0.25) is 10.0 Å². The Morgan fingerprint density at radius 2 is 1.66 bits per heavy atom. The van der Waals surface area contributed by atoms with Crippen LogP contribution in [0.1, 0.15) is 63.9 Å². The Hall–Kier alpha value is -1.64. The number of unbranched alkanes of at least 4 members (excludes halogenated alkanes) is 7. The molecule has 158 valence electrons. The first-order valence-electron chi connectivity index (χ1n) is 10.3. The van der Waals surface area contributed by atoms with Gasteiger partial charge in [0, 0.05) is 18.7 Å². The van der Waals surface area contributed by atoms with Crippen LogP contribution in [0.3, 0.4) is 0 Å². The summed E-state index contributed by atoms with van der Waals surface area (Å²) in [6.45, 7) is 2.74. The summed E-state index contributed by atoms with van der Waals surface area (Å²) in [6.07, 6.45) is 9.07. The SMILES string of the molecule is CCCCCCCCCCN1C/C(=C2/SC(=O)NC2=O)c2ccccc2S1(=O)=O. The van der Waals surface area contributed by atoms with Crippen molar-refractivity contribution in [2.45, 2.75) is 63.2 Å². The number of fused-ring (bicyclic) bond motifs is 1. The van der Waals surface area contributed by atoms with E-state index >= 15 is 0 Å². The van der Waals surface area contributed by atoms with Crippen molar-refractivity contribution in [3.05, 3.63) is 34.7 Å². The number of hydrogen-bond acceptors (Lipinski definition) is 5. The van der Waals surface area contributed by atoms with Crippen LogP contribution in [0.2, 0.25) is 0 Å². The van der Waals surface area contributed by atoms with E-state index in [0.29, 0.717) is 22.6 Å². The molecular formula is C21H28N2O4S2. The first-order valence-corrected chi connectivity index (χ1v) is 12.6. The summed E-state index contributed by atoms with van der Waals surface area (Å²) in [4.78, 5) is 24.3. The number of nitrogens with one attached hydrogen (secondary N) is 1. The Kier molecular flexibility index (Phi) is 7.54. The van der Waals surface area contributed by atoms with E-state index in [-0.39, 0.29) is 11.4 Å². The highest BCUT2D eigenvalue weighted by atomic mass is 32.2. The van der Waals surface area contributed by atoms with Crippen LogP contribution >= 0.6 is 11.8 Å². The number of sulfonamides is 1. The highest BCUT2D eigenvalue weighted by Crippen LogP contribution is 2.39. The van der Waals surface area contributed by atoms with Gasteiger partial charge in [0.25, 0.3) is 11.1 Å². The predicted molar refractivity (Wildman–Crippen MR) is 116 cm³/mol. The number of amides is 2. The van der Waals surface area contributed by atoms with Gasteiger partial charge in [-0.05, 0) is 29.8 Å². The van der Waals surface area contributed by atoms with Gasteiger partial charge < -0.3 is 0 Å². The van der Waals surface area contributed by atoms with Gasteiger partial charge in [-0.15, -0.1) is 0 Å². The second-order valence-electron chi connectivity index (χ2n) is 7.46. The summed E-state index contributed by atoms with van der Waals surface area (Å²) in [7, 11) is -3.61. The highest BCUT2D eigenvalue weighted by Gasteiger charge is 2.38. The van der Waals surface area contributed by atoms with Crippen LogP contribution in [0, 0.1) is 0 Å². The van der Waals surface area contributed by atoms with Gasteiger partial charge in [-0.3, -0.25) is 14.9 Å². The summed E-state index contributed by atoms with van der Waals surface area (Å²) in [5.41, 5.74) is 1.13. The monoisotopic (exact) mass is 436 g/mol. The molecule has 0 unspecified atom stereocenters. The first kappa shape index (κ1) is 22.1. The lowest BCUT2D eigenvalue weighted by Crippen LogP contribution is -2.38. The highest BCUT2D eigenvalue weighted by molar-refractivity contribution is 8.18. The molecule has 1 aromatic rings. The lowest BCUT2D eigenvalue weighted by molar-refractivity contribution is -0.115. The van der Waals surface area contributed by atoms with Crippen LogP contribution in [-0.4, -0.2) is 37.0 Å². The minimum Gasteiger partial charge on any atom is -0.282 e. The van der Waals surface area contributed by atoms with Crippen LogP contribution in [0.25, 0.3) is 5.57 Å². The Morgan fingerprint density at radius 3 is 2.31 bits per heavy atom. The summed E-state index contributed by atoms with van der Waals surface area (Å²) in [5, 5.41) is 1.85. The molecule has 0 atom stereocenters. The maximum absolute atomic E-state index is 13.1. The van der Waals surface area contributed by atoms with Crippen molar-refractivity contribution in [1.82, 2.24) is 9.62 Å². The standard InChI is InChI=1S/C21H28N2O4S2/c1-2-3-4-5-6-7-8-11-14-23-15-17(19-20(24)22-21(25)28-19)16-12-9-10-13-18(16)29(23,26)27/h9-10,12-13H,2-8,11,14-15H2,1H3,(H,22,24,25)/b19-17-. The molecule has 1 N–H and O–H groups in total. The predicted octanol–water partition coefficient (Wildman–Crippen LogP) is 4.53. The lowest BCUT2D eigenvalue weighted by atomic mass is 10.0. The fourth-order valence-corrected chi connectivity index (χ4v) is 6.19. The van der Waals surface area contributed by atoms with Crippen LogP contribution in [-0.2, 0) is 14.8 Å². The van der Waals surface area contributed by atoms with Gasteiger partial charge in [0.15, 0.2) is 0 Å². The molecule has 0 spiro atoms. The van der Waals surface area contributed by atoms with Crippen LogP contribution in [0.4, 0.5) is 4.79 Å². The van der Waals surface area contributed by atoms with Gasteiger partial charge in [0.1, 0.15) is 0 Å². The second kappa shape index (κ2) is 9.91. The molecule has 0 aliphatic carbocycles. The fourth-order valence-electron chi connectivity index (χ4n) is 3.75. The maximum atomic E-state index is 13.1. The van der Waals surface area contributed by atoms with Crippen molar-refractivity contribution in [2.24, 2.45) is 0 Å². The van der Waals surface area contributed by atoms with Gasteiger partial charge in [0.05, 0.1) is 9.80 Å². The van der Waals surface area contributed by atoms with Crippen LogP contribution in [0.15, 0.2) is 34.1 Å². The average Bonchev–Trinajstić information content (AvgIpc) is 3.03. The Balaban J connectivity index is 1.72. The zero-order valence-corrected chi connectivity index (χ0v) is 18.4. The molecule has 0 bridgehead atoms. The molecule has 8 heteroatoms. The molecule has 1 fully saturated rings. The van der Waals surface area contributed by atoms with Gasteiger partial charge in [-0.1, -0.05) is 70.1 Å². The molecule has 2 aliphatic heterocycles. The molecule has 1 aromatic carbocycles. The van der Waals surface area contributed by atoms with Gasteiger partial charge in [-0.2, -0.15) is 4.31 Å². The molecule has 0 aromatic heterocycles. The van der Waals surface area contributed by atoms with Crippen molar-refractivity contribution >= 4 is 38.5 Å². The molecule has 29 heavy (non-hydrogen) atoms. The Labute approximate surface area is 177 Å². The molecule has 2 aliphatic rings. The van der Waals surface area contributed by atoms with Crippen LogP contribution in [0.5, 0.6) is 0 Å². The first-order chi connectivity index (χ1) is 13.9. The minimum atomic E-state index is -3.61. The van der Waals surface area contributed by atoms with Crippen molar-refractivity contribution in [3.63, 3.8) is 0 Å². The Morgan fingerprint density at radius 1 is 1.00 bits per heavy atom. The van der Waals surface area contributed by atoms with E-state index in [1.165, 1.54) is 36.4 Å².